The van der Waals surface area contributed by atoms with Crippen LogP contribution >= 0.6 is 0 Å². The van der Waals surface area contributed by atoms with Gasteiger partial charge in [-0.25, -0.2) is 8.78 Å². The van der Waals surface area contributed by atoms with Gasteiger partial charge in [0.25, 0.3) is 11.8 Å². The van der Waals surface area contributed by atoms with Crippen LogP contribution in [0, 0.1) is 23.5 Å². The van der Waals surface area contributed by atoms with Crippen molar-refractivity contribution in [2.75, 3.05) is 27.2 Å². The maximum absolute atomic E-state index is 15.5. The van der Waals surface area contributed by atoms with Gasteiger partial charge in [0.1, 0.15) is 23.7 Å². The fourth-order valence-corrected chi connectivity index (χ4v) is 12.9. The summed E-state index contributed by atoms with van der Waals surface area (Å²) in [6.07, 6.45) is 21.7. The van der Waals surface area contributed by atoms with Gasteiger partial charge >= 0.3 is 0 Å². The Bertz CT molecular complexity index is 2680. The Hall–Kier alpha value is -6.66. The van der Waals surface area contributed by atoms with Gasteiger partial charge < -0.3 is 41.7 Å². The summed E-state index contributed by atoms with van der Waals surface area (Å²) in [5.74, 6) is -2.92. The normalized spacial score (nSPS) is 22.4. The monoisotopic (exact) mass is 1100 g/mol. The Morgan fingerprint density at radius 3 is 1.25 bits per heavy atom. The van der Waals surface area contributed by atoms with Crippen LogP contribution in [0.15, 0.2) is 73.3 Å². The van der Waals surface area contributed by atoms with E-state index >= 15 is 8.78 Å². The van der Waals surface area contributed by atoms with Crippen molar-refractivity contribution in [2.45, 2.75) is 178 Å². The lowest BCUT2D eigenvalue weighted by Crippen LogP contribution is -2.55. The summed E-state index contributed by atoms with van der Waals surface area (Å²) in [4.78, 5) is 95.5. The molecule has 0 radical (unpaired) electrons. The third kappa shape index (κ3) is 13.6. The predicted molar refractivity (Wildman–Crippen MR) is 302 cm³/mol. The number of nitrogens with one attached hydrogen (secondary N) is 6. The molecular formula is C62H80F2N10O6. The van der Waals surface area contributed by atoms with Crippen molar-refractivity contribution in [3.8, 4) is 22.3 Å². The van der Waals surface area contributed by atoms with Crippen LogP contribution in [0.3, 0.4) is 0 Å². The molecule has 5 fully saturated rings. The maximum atomic E-state index is 15.5. The van der Waals surface area contributed by atoms with Crippen LogP contribution in [-0.2, 0) is 19.2 Å². The lowest BCUT2D eigenvalue weighted by molar-refractivity contribution is -0.139. The van der Waals surface area contributed by atoms with E-state index in [1.807, 2.05) is 21.9 Å². The minimum atomic E-state index is -0.671. The molecule has 6 atom stereocenters. The molecule has 3 saturated carbocycles. The number of halogens is 2. The van der Waals surface area contributed by atoms with Gasteiger partial charge in [-0.1, -0.05) is 50.7 Å². The fraction of sp³-hybridized carbons (Fsp3) is 0.548. The van der Waals surface area contributed by atoms with Gasteiger partial charge in [0.2, 0.25) is 23.6 Å². The van der Waals surface area contributed by atoms with Crippen molar-refractivity contribution in [3.05, 3.63) is 107 Å². The van der Waals surface area contributed by atoms with Gasteiger partial charge in [0, 0.05) is 61.1 Å². The van der Waals surface area contributed by atoms with E-state index in [-0.39, 0.29) is 70.8 Å². The van der Waals surface area contributed by atoms with Gasteiger partial charge in [-0.15, -0.1) is 0 Å². The molecule has 0 unspecified atom stereocenters. The molecule has 80 heavy (non-hydrogen) atoms. The van der Waals surface area contributed by atoms with E-state index in [2.05, 4.69) is 41.9 Å². The van der Waals surface area contributed by atoms with Gasteiger partial charge in [-0.3, -0.25) is 38.7 Å². The molecule has 2 aliphatic heterocycles. The van der Waals surface area contributed by atoms with E-state index in [4.69, 9.17) is 0 Å². The molecule has 9 rings (SSSR count). The molecule has 4 heterocycles. The zero-order valence-electron chi connectivity index (χ0n) is 46.8. The van der Waals surface area contributed by atoms with Crippen LogP contribution in [-0.4, -0.2) is 119 Å². The SMILES string of the molecule is CN[C@@H](C)C(=O)N[C@H](C(=O)N1CCC[C@H]1c1cncc(-c2ccc(F)c(C(=O)N[C@H]3CC[C@H](NC(=O)c4cc(-c5cncc([C@@H]6CCCN6C(=O)[C@@H](NC(=O)[C@H](C)NC)C6CCCCC6)c5)ccc4F)CC3)c2)c1)C1CCCCC1. The smallest absolute Gasteiger partial charge is 0.254 e. The number of benzene rings is 2. The van der Waals surface area contributed by atoms with Gasteiger partial charge in [0.05, 0.1) is 35.3 Å². The molecule has 3 aliphatic carbocycles. The minimum absolute atomic E-state index is 0.0581. The zero-order chi connectivity index (χ0) is 56.5. The molecule has 0 spiro atoms. The third-order valence-corrected chi connectivity index (χ3v) is 17.9. The summed E-state index contributed by atoms with van der Waals surface area (Å²) in [5, 5.41) is 18.2. The summed E-state index contributed by atoms with van der Waals surface area (Å²) in [6, 6.07) is 9.47. The summed E-state index contributed by atoms with van der Waals surface area (Å²) in [6.45, 7) is 4.67. The van der Waals surface area contributed by atoms with Crippen LogP contribution in [0.5, 0.6) is 0 Å². The second-order valence-electron chi connectivity index (χ2n) is 23.1. The van der Waals surface area contributed by atoms with E-state index in [0.29, 0.717) is 61.0 Å². The largest absolute Gasteiger partial charge is 0.349 e. The highest BCUT2D eigenvalue weighted by atomic mass is 19.1. The second kappa shape index (κ2) is 26.7. The predicted octanol–water partition coefficient (Wildman–Crippen LogP) is 8.23. The third-order valence-electron chi connectivity index (χ3n) is 17.9. The van der Waals surface area contributed by atoms with Gasteiger partial charge in [-0.05, 0) is 175 Å². The molecule has 0 bridgehead atoms. The number of pyridine rings is 2. The van der Waals surface area contributed by atoms with Crippen molar-refractivity contribution in [1.82, 2.24) is 51.7 Å². The van der Waals surface area contributed by atoms with Crippen molar-refractivity contribution in [3.63, 3.8) is 0 Å². The molecule has 16 nitrogen and oxygen atoms in total. The van der Waals surface area contributed by atoms with Crippen molar-refractivity contribution in [1.29, 1.82) is 0 Å². The van der Waals surface area contributed by atoms with Gasteiger partial charge in [-0.2, -0.15) is 0 Å². The Morgan fingerprint density at radius 1 is 0.487 bits per heavy atom. The first-order chi connectivity index (χ1) is 38.7. The van der Waals surface area contributed by atoms with E-state index in [1.165, 1.54) is 24.3 Å². The minimum Gasteiger partial charge on any atom is -0.349 e. The lowest BCUT2D eigenvalue weighted by atomic mass is 9.83. The average Bonchev–Trinajstić information content (AvgIpc) is 4.22. The quantitative estimate of drug-likeness (QED) is 0.0563. The number of hydrogen-bond donors (Lipinski definition) is 6. The highest BCUT2D eigenvalue weighted by Crippen LogP contribution is 2.39. The molecule has 2 saturated heterocycles. The van der Waals surface area contributed by atoms with Crippen molar-refractivity contribution < 1.29 is 37.5 Å². The number of aromatic nitrogens is 2. The number of amides is 6. The summed E-state index contributed by atoms with van der Waals surface area (Å²) >= 11 is 0. The highest BCUT2D eigenvalue weighted by molar-refractivity contribution is 5.97. The van der Waals surface area contributed by atoms with Crippen molar-refractivity contribution >= 4 is 35.4 Å². The number of rotatable bonds is 18. The molecule has 4 aromatic rings. The number of likely N-dealkylation sites (N-methyl/N-ethyl adjacent to an activating group) is 2. The topological polar surface area (TPSA) is 207 Å². The number of carbonyl (C=O) groups is 6. The second-order valence-corrected chi connectivity index (χ2v) is 23.1. The summed E-state index contributed by atoms with van der Waals surface area (Å²) in [7, 11) is 3.44. The number of carbonyl (C=O) groups excluding carboxylic acids is 6. The van der Waals surface area contributed by atoms with E-state index < -0.39 is 47.6 Å². The van der Waals surface area contributed by atoms with Crippen LogP contribution in [0.25, 0.3) is 22.3 Å². The Kier molecular flexibility index (Phi) is 19.4. The Labute approximate surface area is 469 Å². The summed E-state index contributed by atoms with van der Waals surface area (Å²) in [5.41, 5.74) is 3.95. The van der Waals surface area contributed by atoms with Crippen LogP contribution in [0.2, 0.25) is 0 Å². The number of likely N-dealkylation sites (tertiary alicyclic amines) is 2. The first kappa shape index (κ1) is 58.0. The Balaban J connectivity index is 0.807. The molecule has 6 N–H and O–H groups in total. The number of nitrogens with zero attached hydrogens (tertiary/aromatic N) is 4. The zero-order valence-corrected chi connectivity index (χ0v) is 46.8. The van der Waals surface area contributed by atoms with Crippen LogP contribution in [0.4, 0.5) is 8.78 Å². The van der Waals surface area contributed by atoms with E-state index in [1.54, 1.807) is 64.9 Å². The van der Waals surface area contributed by atoms with E-state index in [9.17, 15) is 28.8 Å². The summed E-state index contributed by atoms with van der Waals surface area (Å²) < 4.78 is 31.0. The Morgan fingerprint density at radius 2 is 0.875 bits per heavy atom. The molecule has 5 aliphatic rings. The van der Waals surface area contributed by atoms with E-state index in [0.717, 1.165) is 101 Å². The standard InChI is InChI=1S/C62H80F2N10O6/c1-37(65-3)57(75)71-55(39-13-7-5-8-14-39)61(79)73-27-11-17-53(73)45-29-43(33-67-35-45)41-19-25-51(63)49(31-41)59(77)69-47-21-23-48(24-22-47)70-60(78)50-32-42(20-26-52(50)64)44-30-46(36-68-34-44)54-18-12-28-74(54)62(80)56(40-15-9-6-10-16-40)72-58(76)38(2)66-4/h19-20,25-26,29-40,47-48,53-56,65-66H,5-18,21-24,27-28H2,1-4H3,(H,69,77)(H,70,78)(H,71,75)(H,72,76)/t37-,38-,47-,48-,53-,54-,55-,56-/m0/s1. The number of hydrogen-bond acceptors (Lipinski definition) is 10. The molecular weight excluding hydrogens is 1020 g/mol. The first-order valence-corrected chi connectivity index (χ1v) is 29.4. The fourth-order valence-electron chi connectivity index (χ4n) is 12.9. The van der Waals surface area contributed by atoms with Gasteiger partial charge in [0.15, 0.2) is 0 Å². The van der Waals surface area contributed by atoms with Crippen LogP contribution in [0.1, 0.15) is 173 Å². The highest BCUT2D eigenvalue weighted by Gasteiger charge is 2.41. The molecule has 18 heteroatoms. The molecule has 6 amide bonds. The first-order valence-electron chi connectivity index (χ1n) is 29.4. The molecule has 2 aromatic heterocycles. The molecule has 2 aromatic carbocycles. The van der Waals surface area contributed by atoms with Crippen LogP contribution < -0.4 is 31.9 Å². The molecule has 428 valence electrons. The lowest BCUT2D eigenvalue weighted by Gasteiger charge is -2.35. The average molecular weight is 1100 g/mol. The maximum Gasteiger partial charge on any atom is 0.254 e. The van der Waals surface area contributed by atoms with Crippen molar-refractivity contribution in [2.24, 2.45) is 11.8 Å².